The van der Waals surface area contributed by atoms with Crippen LogP contribution < -0.4 is 0 Å². The summed E-state index contributed by atoms with van der Waals surface area (Å²) >= 11 is 18.5. The van der Waals surface area contributed by atoms with Gasteiger partial charge in [-0.25, -0.2) is 0 Å². The van der Waals surface area contributed by atoms with Gasteiger partial charge in [0.1, 0.15) is 10.8 Å². The van der Waals surface area contributed by atoms with Crippen LogP contribution in [0.1, 0.15) is 0 Å². The normalized spacial score (nSPS) is 10.5. The second-order valence-corrected chi connectivity index (χ2v) is 5.32. The van der Waals surface area contributed by atoms with Gasteiger partial charge in [-0.1, -0.05) is 23.2 Å². The highest BCUT2D eigenvalue weighted by Gasteiger charge is 2.08. The van der Waals surface area contributed by atoms with Crippen LogP contribution in [0.3, 0.4) is 0 Å². The number of benzene rings is 1. The summed E-state index contributed by atoms with van der Waals surface area (Å²) in [5.74, 6) is 0.695. The van der Waals surface area contributed by atoms with Crippen molar-refractivity contribution in [3.63, 3.8) is 0 Å². The Balaban J connectivity index is 2.56. The summed E-state index contributed by atoms with van der Waals surface area (Å²) in [6, 6.07) is 9.26. The van der Waals surface area contributed by atoms with Crippen molar-refractivity contribution in [1.82, 2.24) is 0 Å². The van der Waals surface area contributed by atoms with E-state index in [2.05, 4.69) is 0 Å². The van der Waals surface area contributed by atoms with Crippen molar-refractivity contribution in [2.45, 2.75) is 4.90 Å². The first kappa shape index (κ1) is 13.0. The SMILES string of the molecule is CSc1cc(-c2ccc(Cl)cc2)oc(=S)c1Cl. The summed E-state index contributed by atoms with van der Waals surface area (Å²) in [5.41, 5.74) is 0.924. The Morgan fingerprint density at radius 3 is 2.41 bits per heavy atom. The minimum atomic E-state index is 0.309. The van der Waals surface area contributed by atoms with E-state index in [0.717, 1.165) is 10.5 Å². The summed E-state index contributed by atoms with van der Waals surface area (Å²) in [4.78, 5) is 0.910. The number of rotatable bonds is 2. The molecule has 0 aliphatic heterocycles. The summed E-state index contributed by atoms with van der Waals surface area (Å²) < 4.78 is 5.81. The topological polar surface area (TPSA) is 13.1 Å². The number of thioether (sulfide) groups is 1. The molecule has 0 spiro atoms. The Hall–Kier alpha value is -0.480. The van der Waals surface area contributed by atoms with E-state index in [9.17, 15) is 0 Å². The minimum absolute atomic E-state index is 0.309. The average molecular weight is 303 g/mol. The predicted octanol–water partition coefficient (Wildman–Crippen LogP) is 5.70. The van der Waals surface area contributed by atoms with Gasteiger partial charge in [-0.05, 0) is 48.8 Å². The summed E-state index contributed by atoms with van der Waals surface area (Å²) in [5, 5.41) is 1.18. The average Bonchev–Trinajstić information content (AvgIpc) is 2.33. The van der Waals surface area contributed by atoms with Crippen LogP contribution in [0.2, 0.25) is 10.0 Å². The van der Waals surface area contributed by atoms with Gasteiger partial charge in [-0.15, -0.1) is 11.8 Å². The Morgan fingerprint density at radius 1 is 1.18 bits per heavy atom. The lowest BCUT2D eigenvalue weighted by Crippen LogP contribution is -1.81. The van der Waals surface area contributed by atoms with Crippen molar-refractivity contribution in [2.24, 2.45) is 0 Å². The van der Waals surface area contributed by atoms with Crippen molar-refractivity contribution in [2.75, 3.05) is 6.26 Å². The molecule has 0 saturated carbocycles. The molecule has 5 heteroatoms. The predicted molar refractivity (Wildman–Crippen MR) is 76.8 cm³/mol. The molecule has 1 aromatic heterocycles. The second-order valence-electron chi connectivity index (χ2n) is 3.29. The van der Waals surface area contributed by atoms with E-state index < -0.39 is 0 Å². The molecule has 0 radical (unpaired) electrons. The molecule has 0 N–H and O–H groups in total. The molecule has 88 valence electrons. The Bertz CT molecular complexity index is 590. The molecule has 0 fully saturated rings. The minimum Gasteiger partial charge on any atom is -0.444 e. The fourth-order valence-corrected chi connectivity index (χ4v) is 2.57. The first-order chi connectivity index (χ1) is 8.11. The maximum atomic E-state index is 6.04. The highest BCUT2D eigenvalue weighted by atomic mass is 35.5. The molecule has 0 aliphatic carbocycles. The molecule has 1 nitrogen and oxygen atoms in total. The lowest BCUT2D eigenvalue weighted by atomic mass is 10.2. The first-order valence-corrected chi connectivity index (χ1v) is 7.14. The van der Waals surface area contributed by atoms with Crippen molar-refractivity contribution < 1.29 is 4.42 Å². The van der Waals surface area contributed by atoms with E-state index in [-0.39, 0.29) is 0 Å². The van der Waals surface area contributed by atoms with Crippen molar-refractivity contribution in [3.8, 4) is 11.3 Å². The summed E-state index contributed by atoms with van der Waals surface area (Å²) in [6.07, 6.45) is 1.95. The molecule has 17 heavy (non-hydrogen) atoms. The molecule has 0 unspecified atom stereocenters. The Morgan fingerprint density at radius 2 is 1.82 bits per heavy atom. The monoisotopic (exact) mass is 302 g/mol. The molecule has 2 rings (SSSR count). The largest absolute Gasteiger partial charge is 0.444 e. The molecule has 0 aliphatic rings. The summed E-state index contributed by atoms with van der Waals surface area (Å²) in [6.45, 7) is 0. The molecular formula is C12H8Cl2OS2. The zero-order valence-electron chi connectivity index (χ0n) is 8.87. The van der Waals surface area contributed by atoms with Crippen LogP contribution in [0.25, 0.3) is 11.3 Å². The standard InChI is InChI=1S/C12H8Cl2OS2/c1-17-10-6-9(15-12(16)11(10)14)7-2-4-8(13)5-3-7/h2-6H,1H3. The van der Waals surface area contributed by atoms with Gasteiger partial charge in [0.05, 0.1) is 0 Å². The van der Waals surface area contributed by atoms with Gasteiger partial charge in [0.25, 0.3) is 0 Å². The lowest BCUT2D eigenvalue weighted by Gasteiger charge is -2.05. The van der Waals surface area contributed by atoms with Crippen LogP contribution in [-0.4, -0.2) is 6.26 Å². The molecule has 0 bridgehead atoms. The molecular weight excluding hydrogens is 295 g/mol. The van der Waals surface area contributed by atoms with E-state index in [0.29, 0.717) is 20.5 Å². The van der Waals surface area contributed by atoms with Crippen LogP contribution in [0.15, 0.2) is 39.6 Å². The number of halogens is 2. The van der Waals surface area contributed by atoms with Gasteiger partial charge in [-0.2, -0.15) is 0 Å². The van der Waals surface area contributed by atoms with Crippen molar-refractivity contribution in [1.29, 1.82) is 0 Å². The van der Waals surface area contributed by atoms with Gasteiger partial charge in [0.15, 0.2) is 0 Å². The quantitative estimate of drug-likeness (QED) is 0.521. The lowest BCUT2D eigenvalue weighted by molar-refractivity contribution is 0.545. The van der Waals surface area contributed by atoms with Crippen LogP contribution in [0.5, 0.6) is 0 Å². The zero-order chi connectivity index (χ0) is 12.4. The fourth-order valence-electron chi connectivity index (χ4n) is 1.36. The molecule has 1 heterocycles. The zero-order valence-corrected chi connectivity index (χ0v) is 12.0. The molecule has 0 saturated heterocycles. The van der Waals surface area contributed by atoms with Crippen molar-refractivity contribution >= 4 is 47.2 Å². The van der Waals surface area contributed by atoms with Gasteiger partial charge < -0.3 is 4.42 Å². The third-order valence-electron chi connectivity index (χ3n) is 2.21. The maximum absolute atomic E-state index is 6.04. The molecule has 0 amide bonds. The third kappa shape index (κ3) is 2.86. The van der Waals surface area contributed by atoms with E-state index in [1.807, 2.05) is 36.6 Å². The Kier molecular flexibility index (Phi) is 4.15. The van der Waals surface area contributed by atoms with E-state index in [1.165, 1.54) is 11.8 Å². The smallest absolute Gasteiger partial charge is 0.210 e. The van der Waals surface area contributed by atoms with E-state index >= 15 is 0 Å². The number of hydrogen-bond donors (Lipinski definition) is 0. The maximum Gasteiger partial charge on any atom is 0.210 e. The van der Waals surface area contributed by atoms with Crippen LogP contribution in [-0.2, 0) is 0 Å². The van der Waals surface area contributed by atoms with Crippen molar-refractivity contribution in [3.05, 3.63) is 45.1 Å². The van der Waals surface area contributed by atoms with Gasteiger partial charge in [0.2, 0.25) is 4.71 Å². The van der Waals surface area contributed by atoms with Crippen LogP contribution in [0.4, 0.5) is 0 Å². The van der Waals surface area contributed by atoms with E-state index in [1.54, 1.807) is 0 Å². The van der Waals surface area contributed by atoms with Gasteiger partial charge in [0, 0.05) is 15.5 Å². The van der Waals surface area contributed by atoms with Gasteiger partial charge >= 0.3 is 0 Å². The summed E-state index contributed by atoms with van der Waals surface area (Å²) in [7, 11) is 0. The highest BCUT2D eigenvalue weighted by molar-refractivity contribution is 7.98. The highest BCUT2D eigenvalue weighted by Crippen LogP contribution is 2.32. The third-order valence-corrected chi connectivity index (χ3v) is 4.11. The number of hydrogen-bond acceptors (Lipinski definition) is 3. The van der Waals surface area contributed by atoms with Crippen LogP contribution >= 0.6 is 47.2 Å². The Labute approximate surface area is 119 Å². The first-order valence-electron chi connectivity index (χ1n) is 4.75. The van der Waals surface area contributed by atoms with Gasteiger partial charge in [-0.3, -0.25) is 0 Å². The van der Waals surface area contributed by atoms with E-state index in [4.69, 9.17) is 39.8 Å². The second kappa shape index (κ2) is 5.44. The molecule has 0 atom stereocenters. The molecule has 2 aromatic rings. The molecule has 1 aromatic carbocycles. The fraction of sp³-hybridized carbons (Fsp3) is 0.0833. The van der Waals surface area contributed by atoms with Crippen LogP contribution in [0, 0.1) is 4.71 Å².